The fraction of sp³-hybridized carbons (Fsp3) is 1.00. The third kappa shape index (κ3) is 1.06. The Bertz CT molecular complexity index is 131. The zero-order valence-corrected chi connectivity index (χ0v) is 6.48. The van der Waals surface area contributed by atoms with Crippen molar-refractivity contribution in [3.05, 3.63) is 0 Å². The standard InChI is InChI=1S/C8H15NO/c1-7(10)2-3-8(4-5-8)9-6-7/h9-10H,2-6H2,1H3. The third-order valence-electron chi connectivity index (χ3n) is 2.84. The first kappa shape index (κ1) is 6.62. The first-order valence-corrected chi connectivity index (χ1v) is 4.09. The Kier molecular flexibility index (Phi) is 1.15. The minimum Gasteiger partial charge on any atom is -0.389 e. The molecule has 2 aliphatic rings. The molecule has 1 saturated carbocycles. The Balaban J connectivity index is 1.95. The number of hydrogen-bond donors (Lipinski definition) is 2. The van der Waals surface area contributed by atoms with Crippen molar-refractivity contribution in [2.24, 2.45) is 0 Å². The summed E-state index contributed by atoms with van der Waals surface area (Å²) < 4.78 is 0. The molecular formula is C8H15NO. The monoisotopic (exact) mass is 141 g/mol. The highest BCUT2D eigenvalue weighted by Crippen LogP contribution is 2.43. The molecule has 2 heteroatoms. The Morgan fingerprint density at radius 1 is 1.20 bits per heavy atom. The maximum absolute atomic E-state index is 9.57. The normalized spacial score (nSPS) is 43.8. The summed E-state index contributed by atoms with van der Waals surface area (Å²) in [4.78, 5) is 0. The summed E-state index contributed by atoms with van der Waals surface area (Å²) in [5.74, 6) is 0. The van der Waals surface area contributed by atoms with E-state index in [9.17, 15) is 5.11 Å². The summed E-state index contributed by atoms with van der Waals surface area (Å²) in [5, 5.41) is 13.0. The van der Waals surface area contributed by atoms with Gasteiger partial charge in [0.05, 0.1) is 5.60 Å². The van der Waals surface area contributed by atoms with Gasteiger partial charge >= 0.3 is 0 Å². The molecular weight excluding hydrogens is 126 g/mol. The molecule has 2 rings (SSSR count). The molecule has 1 atom stereocenters. The van der Waals surface area contributed by atoms with Crippen molar-refractivity contribution in [1.29, 1.82) is 0 Å². The largest absolute Gasteiger partial charge is 0.389 e. The molecule has 0 aromatic carbocycles. The van der Waals surface area contributed by atoms with E-state index in [-0.39, 0.29) is 0 Å². The molecule has 2 N–H and O–H groups in total. The molecule has 1 aliphatic heterocycles. The number of piperidine rings is 1. The molecule has 1 unspecified atom stereocenters. The lowest BCUT2D eigenvalue weighted by molar-refractivity contribution is 0.0206. The summed E-state index contributed by atoms with van der Waals surface area (Å²) >= 11 is 0. The fourth-order valence-corrected chi connectivity index (χ4v) is 1.64. The van der Waals surface area contributed by atoms with Crippen LogP contribution in [0.2, 0.25) is 0 Å². The van der Waals surface area contributed by atoms with Crippen LogP contribution in [-0.2, 0) is 0 Å². The Morgan fingerprint density at radius 2 is 1.80 bits per heavy atom. The average Bonchev–Trinajstić information content (AvgIpc) is 2.60. The SMILES string of the molecule is CC1(O)CCC2(CC2)NC1. The quantitative estimate of drug-likeness (QED) is 0.519. The van der Waals surface area contributed by atoms with Crippen LogP contribution in [0.4, 0.5) is 0 Å². The topological polar surface area (TPSA) is 32.3 Å². The van der Waals surface area contributed by atoms with Crippen molar-refractivity contribution >= 4 is 0 Å². The fourth-order valence-electron chi connectivity index (χ4n) is 1.64. The van der Waals surface area contributed by atoms with Gasteiger partial charge in [0.25, 0.3) is 0 Å². The van der Waals surface area contributed by atoms with Crippen LogP contribution in [0.5, 0.6) is 0 Å². The van der Waals surface area contributed by atoms with Crippen LogP contribution in [0.3, 0.4) is 0 Å². The van der Waals surface area contributed by atoms with Crippen LogP contribution in [-0.4, -0.2) is 22.8 Å². The van der Waals surface area contributed by atoms with Gasteiger partial charge in [-0.1, -0.05) is 0 Å². The van der Waals surface area contributed by atoms with Gasteiger partial charge in [-0.25, -0.2) is 0 Å². The maximum Gasteiger partial charge on any atom is 0.0744 e. The number of rotatable bonds is 0. The number of hydrogen-bond acceptors (Lipinski definition) is 2. The lowest BCUT2D eigenvalue weighted by Gasteiger charge is -2.34. The number of β-amino-alcohol motifs (C(OH)–C–C–N with tert-alkyl or cyclic N) is 1. The van der Waals surface area contributed by atoms with Crippen LogP contribution >= 0.6 is 0 Å². The van der Waals surface area contributed by atoms with E-state index >= 15 is 0 Å². The summed E-state index contributed by atoms with van der Waals surface area (Å²) in [7, 11) is 0. The lowest BCUT2D eigenvalue weighted by Crippen LogP contribution is -2.49. The summed E-state index contributed by atoms with van der Waals surface area (Å²) in [6.45, 7) is 2.70. The summed E-state index contributed by atoms with van der Waals surface area (Å²) in [6.07, 6.45) is 4.78. The Labute approximate surface area is 61.6 Å². The molecule has 2 nitrogen and oxygen atoms in total. The van der Waals surface area contributed by atoms with E-state index in [0.717, 1.165) is 13.0 Å². The van der Waals surface area contributed by atoms with Gasteiger partial charge in [-0.15, -0.1) is 0 Å². The molecule has 0 aromatic rings. The van der Waals surface area contributed by atoms with Crippen LogP contribution < -0.4 is 5.32 Å². The first-order valence-electron chi connectivity index (χ1n) is 4.09. The molecule has 1 spiro atoms. The number of nitrogens with one attached hydrogen (secondary N) is 1. The van der Waals surface area contributed by atoms with Crippen LogP contribution in [0, 0.1) is 0 Å². The third-order valence-corrected chi connectivity index (χ3v) is 2.84. The second kappa shape index (κ2) is 1.74. The highest BCUT2D eigenvalue weighted by molar-refractivity contribution is 5.06. The molecule has 0 amide bonds. The van der Waals surface area contributed by atoms with Gasteiger partial charge in [-0.2, -0.15) is 0 Å². The van der Waals surface area contributed by atoms with E-state index < -0.39 is 5.60 Å². The highest BCUT2D eigenvalue weighted by atomic mass is 16.3. The van der Waals surface area contributed by atoms with E-state index in [0.29, 0.717) is 5.54 Å². The van der Waals surface area contributed by atoms with Crippen LogP contribution in [0.25, 0.3) is 0 Å². The van der Waals surface area contributed by atoms with Crippen LogP contribution in [0.1, 0.15) is 32.6 Å². The molecule has 2 fully saturated rings. The minimum atomic E-state index is -0.437. The average molecular weight is 141 g/mol. The van der Waals surface area contributed by atoms with Gasteiger partial charge in [0.1, 0.15) is 0 Å². The van der Waals surface area contributed by atoms with Crippen molar-refractivity contribution < 1.29 is 5.11 Å². The zero-order valence-electron chi connectivity index (χ0n) is 6.48. The molecule has 0 aromatic heterocycles. The number of aliphatic hydroxyl groups is 1. The summed E-state index contributed by atoms with van der Waals surface area (Å²) in [6, 6.07) is 0. The molecule has 10 heavy (non-hydrogen) atoms. The van der Waals surface area contributed by atoms with Crippen LogP contribution in [0.15, 0.2) is 0 Å². The predicted molar refractivity (Wildman–Crippen MR) is 39.8 cm³/mol. The van der Waals surface area contributed by atoms with Gasteiger partial charge in [0.2, 0.25) is 0 Å². The Hall–Kier alpha value is -0.0800. The Morgan fingerprint density at radius 3 is 2.20 bits per heavy atom. The molecule has 1 heterocycles. The molecule has 1 aliphatic carbocycles. The van der Waals surface area contributed by atoms with Crippen molar-refractivity contribution in [3.8, 4) is 0 Å². The molecule has 0 bridgehead atoms. The van der Waals surface area contributed by atoms with E-state index in [4.69, 9.17) is 0 Å². The van der Waals surface area contributed by atoms with Crippen molar-refractivity contribution in [1.82, 2.24) is 5.32 Å². The van der Waals surface area contributed by atoms with Crippen molar-refractivity contribution in [2.75, 3.05) is 6.54 Å². The van der Waals surface area contributed by atoms with Gasteiger partial charge < -0.3 is 10.4 Å². The smallest absolute Gasteiger partial charge is 0.0744 e. The van der Waals surface area contributed by atoms with E-state index in [1.165, 1.54) is 19.3 Å². The second-order valence-electron chi connectivity index (χ2n) is 4.13. The van der Waals surface area contributed by atoms with Crippen molar-refractivity contribution in [3.63, 3.8) is 0 Å². The maximum atomic E-state index is 9.57. The minimum absolute atomic E-state index is 0.437. The van der Waals surface area contributed by atoms with Gasteiger partial charge in [0, 0.05) is 12.1 Å². The second-order valence-corrected chi connectivity index (χ2v) is 4.13. The zero-order chi connectivity index (χ0) is 7.24. The summed E-state index contributed by atoms with van der Waals surface area (Å²) in [5.41, 5.74) is 0.0378. The van der Waals surface area contributed by atoms with Gasteiger partial charge in [-0.05, 0) is 32.6 Å². The molecule has 1 saturated heterocycles. The van der Waals surface area contributed by atoms with E-state index in [1.807, 2.05) is 6.92 Å². The molecule has 58 valence electrons. The van der Waals surface area contributed by atoms with Gasteiger partial charge in [-0.3, -0.25) is 0 Å². The predicted octanol–water partition coefficient (Wildman–Crippen LogP) is 0.653. The van der Waals surface area contributed by atoms with E-state index in [1.54, 1.807) is 0 Å². The van der Waals surface area contributed by atoms with Gasteiger partial charge in [0.15, 0.2) is 0 Å². The first-order chi connectivity index (χ1) is 4.62. The molecule has 0 radical (unpaired) electrons. The highest BCUT2D eigenvalue weighted by Gasteiger charge is 2.47. The van der Waals surface area contributed by atoms with Crippen molar-refractivity contribution in [2.45, 2.75) is 43.7 Å². The van der Waals surface area contributed by atoms with E-state index in [2.05, 4.69) is 5.32 Å². The lowest BCUT2D eigenvalue weighted by atomic mass is 9.91.